The standard InChI is InChI=1S/C19H14ClN3O2S2/c1-12-15(18-22-17-6-3-11-21-19(17)26-18)4-2-5-16(12)23-27(24,25)14-9-7-13(20)8-10-14/h2-11,23H,1H3. The van der Waals surface area contributed by atoms with Gasteiger partial charge in [0.05, 0.1) is 10.6 Å². The molecule has 0 atom stereocenters. The minimum absolute atomic E-state index is 0.154. The molecule has 27 heavy (non-hydrogen) atoms. The highest BCUT2D eigenvalue weighted by Crippen LogP contribution is 2.34. The fourth-order valence-corrected chi connectivity index (χ4v) is 4.92. The molecule has 2 aromatic carbocycles. The maximum atomic E-state index is 12.7. The highest BCUT2D eigenvalue weighted by molar-refractivity contribution is 7.92. The maximum Gasteiger partial charge on any atom is 0.261 e. The van der Waals surface area contributed by atoms with Crippen molar-refractivity contribution in [1.82, 2.24) is 9.97 Å². The van der Waals surface area contributed by atoms with E-state index in [2.05, 4.69) is 14.7 Å². The minimum Gasteiger partial charge on any atom is -0.279 e. The van der Waals surface area contributed by atoms with E-state index in [1.54, 1.807) is 24.4 Å². The summed E-state index contributed by atoms with van der Waals surface area (Å²) in [7, 11) is -3.71. The number of pyridine rings is 1. The van der Waals surface area contributed by atoms with Gasteiger partial charge in [0.15, 0.2) is 0 Å². The number of nitrogens with one attached hydrogen (secondary N) is 1. The molecule has 0 fully saturated rings. The molecule has 2 aromatic heterocycles. The third kappa shape index (κ3) is 3.53. The van der Waals surface area contributed by atoms with Crippen molar-refractivity contribution in [2.24, 2.45) is 0 Å². The Labute approximate surface area is 165 Å². The van der Waals surface area contributed by atoms with E-state index in [0.29, 0.717) is 10.7 Å². The molecule has 8 heteroatoms. The molecule has 136 valence electrons. The molecule has 1 N–H and O–H groups in total. The van der Waals surface area contributed by atoms with Gasteiger partial charge in [0, 0.05) is 16.8 Å². The van der Waals surface area contributed by atoms with Crippen molar-refractivity contribution in [2.45, 2.75) is 11.8 Å². The van der Waals surface area contributed by atoms with E-state index < -0.39 is 10.0 Å². The summed E-state index contributed by atoms with van der Waals surface area (Å²) >= 11 is 7.32. The second kappa shape index (κ2) is 6.92. The lowest BCUT2D eigenvalue weighted by molar-refractivity contribution is 0.601. The number of rotatable bonds is 4. The van der Waals surface area contributed by atoms with Gasteiger partial charge in [0.25, 0.3) is 10.0 Å². The first kappa shape index (κ1) is 17.9. The third-order valence-electron chi connectivity index (χ3n) is 4.10. The molecular weight excluding hydrogens is 402 g/mol. The fourth-order valence-electron chi connectivity index (χ4n) is 2.68. The van der Waals surface area contributed by atoms with Crippen molar-refractivity contribution in [3.63, 3.8) is 0 Å². The molecule has 0 aliphatic carbocycles. The molecular formula is C19H14ClN3O2S2. The van der Waals surface area contributed by atoms with E-state index in [-0.39, 0.29) is 4.90 Å². The van der Waals surface area contributed by atoms with Crippen LogP contribution >= 0.6 is 22.9 Å². The normalized spacial score (nSPS) is 11.6. The highest BCUT2D eigenvalue weighted by Gasteiger charge is 2.17. The predicted octanol–water partition coefficient (Wildman–Crippen LogP) is 5.12. The molecule has 4 rings (SSSR count). The average molecular weight is 416 g/mol. The molecule has 2 heterocycles. The van der Waals surface area contributed by atoms with Crippen LogP contribution in [0, 0.1) is 6.92 Å². The first-order valence-corrected chi connectivity index (χ1v) is 10.7. The van der Waals surface area contributed by atoms with Crippen LogP contribution in [0.5, 0.6) is 0 Å². The van der Waals surface area contributed by atoms with Crippen molar-refractivity contribution < 1.29 is 8.42 Å². The Hall–Kier alpha value is -2.48. The number of anilines is 1. The zero-order chi connectivity index (χ0) is 19.0. The molecule has 0 amide bonds. The number of benzene rings is 2. The number of thiazole rings is 1. The SMILES string of the molecule is Cc1c(NS(=O)(=O)c2ccc(Cl)cc2)cccc1-c1nc2cccnc2s1. The zero-order valence-electron chi connectivity index (χ0n) is 14.2. The second-order valence-electron chi connectivity index (χ2n) is 5.88. The molecule has 0 saturated carbocycles. The van der Waals surface area contributed by atoms with E-state index in [1.807, 2.05) is 31.2 Å². The largest absolute Gasteiger partial charge is 0.279 e. The van der Waals surface area contributed by atoms with Crippen LogP contribution < -0.4 is 4.72 Å². The number of hydrogen-bond acceptors (Lipinski definition) is 5. The quantitative estimate of drug-likeness (QED) is 0.502. The van der Waals surface area contributed by atoms with E-state index in [4.69, 9.17) is 11.6 Å². The molecule has 4 aromatic rings. The number of aromatic nitrogens is 2. The van der Waals surface area contributed by atoms with Gasteiger partial charge >= 0.3 is 0 Å². The molecule has 0 spiro atoms. The smallest absolute Gasteiger partial charge is 0.261 e. The van der Waals surface area contributed by atoms with Gasteiger partial charge < -0.3 is 0 Å². The van der Waals surface area contributed by atoms with Crippen LogP contribution in [0.1, 0.15) is 5.56 Å². The summed E-state index contributed by atoms with van der Waals surface area (Å²) in [6.07, 6.45) is 1.73. The van der Waals surface area contributed by atoms with Gasteiger partial charge in [-0.25, -0.2) is 18.4 Å². The highest BCUT2D eigenvalue weighted by atomic mass is 35.5. The topological polar surface area (TPSA) is 72.0 Å². The Balaban J connectivity index is 1.72. The molecule has 0 aliphatic heterocycles. The summed E-state index contributed by atoms with van der Waals surface area (Å²) in [6, 6.07) is 15.3. The number of halogens is 1. The summed E-state index contributed by atoms with van der Waals surface area (Å²) in [6.45, 7) is 1.87. The monoisotopic (exact) mass is 415 g/mol. The van der Waals surface area contributed by atoms with Crippen molar-refractivity contribution in [1.29, 1.82) is 0 Å². The Kier molecular flexibility index (Phi) is 4.59. The fraction of sp³-hybridized carbons (Fsp3) is 0.0526. The van der Waals surface area contributed by atoms with Gasteiger partial charge in [-0.15, -0.1) is 0 Å². The zero-order valence-corrected chi connectivity index (χ0v) is 16.6. The first-order chi connectivity index (χ1) is 12.9. The van der Waals surface area contributed by atoms with E-state index in [9.17, 15) is 8.42 Å². The number of nitrogens with zero attached hydrogens (tertiary/aromatic N) is 2. The van der Waals surface area contributed by atoms with Crippen LogP contribution in [-0.4, -0.2) is 18.4 Å². The molecule has 0 aliphatic rings. The molecule has 0 radical (unpaired) electrons. The van der Waals surface area contributed by atoms with E-state index >= 15 is 0 Å². The first-order valence-electron chi connectivity index (χ1n) is 8.04. The van der Waals surface area contributed by atoms with Gasteiger partial charge in [-0.3, -0.25) is 4.72 Å². The lowest BCUT2D eigenvalue weighted by Crippen LogP contribution is -2.13. The van der Waals surface area contributed by atoms with Crippen LogP contribution in [0.25, 0.3) is 20.9 Å². The van der Waals surface area contributed by atoms with Gasteiger partial charge in [-0.2, -0.15) is 0 Å². The summed E-state index contributed by atoms with van der Waals surface area (Å²) in [5.74, 6) is 0. The van der Waals surface area contributed by atoms with Crippen molar-refractivity contribution in [2.75, 3.05) is 4.72 Å². The maximum absolute atomic E-state index is 12.7. The summed E-state index contributed by atoms with van der Waals surface area (Å²) in [5, 5.41) is 1.28. The Morgan fingerprint density at radius 2 is 1.81 bits per heavy atom. The number of fused-ring (bicyclic) bond motifs is 1. The Bertz CT molecular complexity index is 1200. The molecule has 5 nitrogen and oxygen atoms in total. The van der Waals surface area contributed by atoms with Crippen molar-refractivity contribution in [3.05, 3.63) is 71.4 Å². The summed E-state index contributed by atoms with van der Waals surface area (Å²) < 4.78 is 28.0. The lowest BCUT2D eigenvalue weighted by Gasteiger charge is -2.13. The van der Waals surface area contributed by atoms with Crippen LogP contribution in [-0.2, 0) is 10.0 Å². The van der Waals surface area contributed by atoms with E-state index in [0.717, 1.165) is 26.5 Å². The molecule has 0 saturated heterocycles. The summed E-state index contributed by atoms with van der Waals surface area (Å²) in [5.41, 5.74) is 3.00. The average Bonchev–Trinajstić information content (AvgIpc) is 3.07. The number of hydrogen-bond donors (Lipinski definition) is 1. The third-order valence-corrected chi connectivity index (χ3v) is 6.74. The lowest BCUT2D eigenvalue weighted by atomic mass is 10.1. The number of sulfonamides is 1. The van der Waals surface area contributed by atoms with Crippen LogP contribution in [0.15, 0.2) is 65.7 Å². The van der Waals surface area contributed by atoms with Crippen LogP contribution in [0.3, 0.4) is 0 Å². The Morgan fingerprint density at radius 3 is 2.56 bits per heavy atom. The van der Waals surface area contributed by atoms with Crippen LogP contribution in [0.4, 0.5) is 5.69 Å². The van der Waals surface area contributed by atoms with Gasteiger partial charge in [-0.05, 0) is 55.0 Å². The molecule has 0 bridgehead atoms. The minimum atomic E-state index is -3.71. The molecule has 0 unspecified atom stereocenters. The Morgan fingerprint density at radius 1 is 1.04 bits per heavy atom. The van der Waals surface area contributed by atoms with Gasteiger partial charge in [0.2, 0.25) is 0 Å². The summed E-state index contributed by atoms with van der Waals surface area (Å²) in [4.78, 5) is 9.93. The van der Waals surface area contributed by atoms with E-state index in [1.165, 1.54) is 23.5 Å². The second-order valence-corrected chi connectivity index (χ2v) is 8.98. The van der Waals surface area contributed by atoms with Crippen molar-refractivity contribution in [3.8, 4) is 10.6 Å². The van der Waals surface area contributed by atoms with Gasteiger partial charge in [0.1, 0.15) is 15.4 Å². The van der Waals surface area contributed by atoms with Crippen molar-refractivity contribution >= 4 is 49.0 Å². The predicted molar refractivity (Wildman–Crippen MR) is 110 cm³/mol. The van der Waals surface area contributed by atoms with Crippen LogP contribution in [0.2, 0.25) is 5.02 Å². The van der Waals surface area contributed by atoms with Gasteiger partial charge in [-0.1, -0.05) is 35.1 Å².